The Hall–Kier alpha value is -1.31. The quantitative estimate of drug-likeness (QED) is 0.0577. The lowest BCUT2D eigenvalue weighted by molar-refractivity contribution is 0.507. The molecule has 2 aromatic carbocycles. The third kappa shape index (κ3) is 22.3. The molecule has 0 bridgehead atoms. The molecule has 49 heavy (non-hydrogen) atoms. The first-order valence-electron chi connectivity index (χ1n) is 19.9. The van der Waals surface area contributed by atoms with Crippen molar-refractivity contribution in [3.8, 4) is 0 Å². The van der Waals surface area contributed by atoms with Gasteiger partial charge in [-0.2, -0.15) is 0 Å². The number of sulfone groups is 1. The molecule has 0 aliphatic rings. The molecule has 0 aliphatic heterocycles. The molecule has 2 N–H and O–H groups in total. The number of benzene rings is 2. The Kier molecular flexibility index (Phi) is 25.3. The summed E-state index contributed by atoms with van der Waals surface area (Å²) in [6, 6.07) is 14.3. The predicted molar refractivity (Wildman–Crippen MR) is 222 cm³/mol. The monoisotopic (exact) mass is 732 g/mol. The molecule has 0 radical (unpaired) electrons. The van der Waals surface area contributed by atoms with Gasteiger partial charge in [0.2, 0.25) is 9.84 Å². The van der Waals surface area contributed by atoms with Crippen LogP contribution in [0.25, 0.3) is 0 Å². The molecule has 0 aromatic heterocycles. The predicted octanol–water partition coefficient (Wildman–Crippen LogP) is 13.8. The minimum Gasteiger partial charge on any atom is -0.376 e. The van der Waals surface area contributed by atoms with Crippen LogP contribution in [0.3, 0.4) is 0 Å². The van der Waals surface area contributed by atoms with Crippen LogP contribution in [0.5, 0.6) is 0 Å². The largest absolute Gasteiger partial charge is 0.376 e. The van der Waals surface area contributed by atoms with Crippen molar-refractivity contribution in [2.45, 2.75) is 166 Å². The van der Waals surface area contributed by atoms with Crippen molar-refractivity contribution >= 4 is 44.7 Å². The van der Waals surface area contributed by atoms with Gasteiger partial charge in [0.15, 0.2) is 0 Å². The highest BCUT2D eigenvalue weighted by atomic mass is 32.2. The van der Waals surface area contributed by atoms with Crippen molar-refractivity contribution in [2.75, 3.05) is 33.9 Å². The number of hydrogen-bond acceptors (Lipinski definition) is 6. The molecule has 0 spiro atoms. The summed E-state index contributed by atoms with van der Waals surface area (Å²) < 4.78 is 26.4. The third-order valence-electron chi connectivity index (χ3n) is 9.23. The van der Waals surface area contributed by atoms with Gasteiger partial charge in [0, 0.05) is 11.4 Å². The Morgan fingerprint density at radius 1 is 0.449 bits per heavy atom. The van der Waals surface area contributed by atoms with Crippen molar-refractivity contribution in [3.05, 3.63) is 48.5 Å². The summed E-state index contributed by atoms with van der Waals surface area (Å²) in [6.07, 6.45) is 27.4. The molecule has 4 nitrogen and oxygen atoms in total. The van der Waals surface area contributed by atoms with Gasteiger partial charge < -0.3 is 10.6 Å². The summed E-state index contributed by atoms with van der Waals surface area (Å²) >= 11 is 3.83. The zero-order valence-corrected chi connectivity index (χ0v) is 34.2. The van der Waals surface area contributed by atoms with E-state index in [-0.39, 0.29) is 0 Å². The van der Waals surface area contributed by atoms with Gasteiger partial charge in [0.05, 0.1) is 21.5 Å². The Morgan fingerprint density at radius 3 is 1.04 bits per heavy atom. The van der Waals surface area contributed by atoms with Gasteiger partial charge in [0.1, 0.15) is 0 Å². The molecule has 0 saturated carbocycles. The van der Waals surface area contributed by atoms with Crippen LogP contribution in [0, 0.1) is 11.8 Å². The Labute approximate surface area is 311 Å². The molecule has 0 atom stereocenters. The van der Waals surface area contributed by atoms with Gasteiger partial charge in [-0.25, -0.2) is 8.42 Å². The smallest absolute Gasteiger partial charge is 0.206 e. The fourth-order valence-electron chi connectivity index (χ4n) is 6.04. The van der Waals surface area contributed by atoms with Crippen LogP contribution < -0.4 is 10.6 Å². The van der Waals surface area contributed by atoms with Crippen LogP contribution in [0.1, 0.15) is 156 Å². The van der Waals surface area contributed by atoms with E-state index in [9.17, 15) is 8.42 Å². The molecule has 2 rings (SSSR count). The van der Waals surface area contributed by atoms with Crippen LogP contribution in [-0.2, 0) is 9.84 Å². The van der Waals surface area contributed by atoms with Crippen LogP contribution in [0.15, 0.2) is 58.3 Å². The summed E-state index contributed by atoms with van der Waals surface area (Å²) in [5.41, 5.74) is 1.92. The third-order valence-corrected chi connectivity index (χ3v) is 12.9. The van der Waals surface area contributed by atoms with Gasteiger partial charge in [-0.1, -0.05) is 143 Å². The number of rotatable bonds is 32. The molecule has 7 heteroatoms. The molecule has 0 fully saturated rings. The first-order chi connectivity index (χ1) is 23.8. The molecular weight excluding hydrogens is 661 g/mol. The fraction of sp³-hybridized carbons (Fsp3) is 0.714. The SMILES string of the molecule is CC(C)CCCCCCCCCCCSCNc1ccc(S(=O)(=O)c2ccc(NCSCCCCCCCCCCCC(C)C)cc2)cc1. The van der Waals surface area contributed by atoms with E-state index in [2.05, 4.69) is 38.3 Å². The zero-order valence-electron chi connectivity index (χ0n) is 31.8. The summed E-state index contributed by atoms with van der Waals surface area (Å²) in [6.45, 7) is 9.27. The van der Waals surface area contributed by atoms with Gasteiger partial charge in [0.25, 0.3) is 0 Å². The molecule has 0 aliphatic carbocycles. The average molecular weight is 733 g/mol. The minimum atomic E-state index is -3.54. The first-order valence-corrected chi connectivity index (χ1v) is 23.7. The van der Waals surface area contributed by atoms with E-state index in [0.29, 0.717) is 9.79 Å². The van der Waals surface area contributed by atoms with Crippen molar-refractivity contribution in [1.29, 1.82) is 0 Å². The maximum atomic E-state index is 13.2. The second-order valence-corrected chi connectivity index (χ2v) is 18.9. The Balaban J connectivity index is 1.50. The van der Waals surface area contributed by atoms with Gasteiger partial charge in [-0.3, -0.25) is 0 Å². The summed E-state index contributed by atoms with van der Waals surface area (Å²) in [4.78, 5) is 0.665. The Bertz CT molecular complexity index is 1070. The van der Waals surface area contributed by atoms with Crippen molar-refractivity contribution < 1.29 is 8.42 Å². The van der Waals surface area contributed by atoms with Crippen LogP contribution in [0.2, 0.25) is 0 Å². The standard InChI is InChI=1S/C42H72N2O2S3/c1-37(2)23-19-15-11-7-5-9-13-17-21-33-47-35-43-39-25-29-41(30-26-39)49(45,46)42-31-27-40(28-32-42)44-36-48-34-22-18-14-10-6-8-12-16-20-24-38(3)4/h25-32,37-38,43-44H,5-24,33-36H2,1-4H3. The lowest BCUT2D eigenvalue weighted by Gasteiger charge is -2.10. The summed E-state index contributed by atoms with van der Waals surface area (Å²) in [5, 5.41) is 6.85. The zero-order chi connectivity index (χ0) is 35.4. The van der Waals surface area contributed by atoms with Gasteiger partial charge in [-0.15, -0.1) is 23.5 Å². The highest BCUT2D eigenvalue weighted by Gasteiger charge is 2.17. The number of hydrogen-bond donors (Lipinski definition) is 2. The topological polar surface area (TPSA) is 58.2 Å². The number of nitrogens with one attached hydrogen (secondary N) is 2. The van der Waals surface area contributed by atoms with E-state index in [1.807, 2.05) is 47.8 Å². The molecule has 2 aromatic rings. The first kappa shape index (κ1) is 43.9. The second-order valence-electron chi connectivity index (χ2n) is 14.7. The molecule has 280 valence electrons. The number of anilines is 2. The maximum absolute atomic E-state index is 13.2. The Morgan fingerprint density at radius 2 is 0.735 bits per heavy atom. The van der Waals surface area contributed by atoms with Crippen molar-refractivity contribution in [2.24, 2.45) is 11.8 Å². The second kappa shape index (κ2) is 28.3. The fourth-order valence-corrected chi connectivity index (χ4v) is 8.94. The molecular formula is C42H72N2O2S3. The summed E-state index contributed by atoms with van der Waals surface area (Å²) in [5.74, 6) is 5.71. The van der Waals surface area contributed by atoms with E-state index in [0.717, 1.165) is 46.5 Å². The van der Waals surface area contributed by atoms with E-state index < -0.39 is 9.84 Å². The van der Waals surface area contributed by atoms with Crippen molar-refractivity contribution in [1.82, 2.24) is 0 Å². The van der Waals surface area contributed by atoms with E-state index in [4.69, 9.17) is 0 Å². The molecule has 0 unspecified atom stereocenters. The van der Waals surface area contributed by atoms with E-state index >= 15 is 0 Å². The van der Waals surface area contributed by atoms with Crippen LogP contribution in [0.4, 0.5) is 11.4 Å². The van der Waals surface area contributed by atoms with E-state index in [1.165, 1.54) is 128 Å². The molecule has 0 heterocycles. The van der Waals surface area contributed by atoms with Gasteiger partial charge in [-0.05, 0) is 84.7 Å². The molecule has 0 amide bonds. The highest BCUT2D eigenvalue weighted by molar-refractivity contribution is 7.99. The molecule has 0 saturated heterocycles. The van der Waals surface area contributed by atoms with Crippen LogP contribution >= 0.6 is 23.5 Å². The lowest BCUT2D eigenvalue weighted by Crippen LogP contribution is -2.04. The van der Waals surface area contributed by atoms with Crippen molar-refractivity contribution in [3.63, 3.8) is 0 Å². The van der Waals surface area contributed by atoms with Gasteiger partial charge >= 0.3 is 0 Å². The lowest BCUT2D eigenvalue weighted by atomic mass is 10.0. The maximum Gasteiger partial charge on any atom is 0.206 e. The number of thioether (sulfide) groups is 2. The van der Waals surface area contributed by atoms with E-state index in [1.54, 1.807) is 24.3 Å². The normalized spacial score (nSPS) is 11.9. The minimum absolute atomic E-state index is 0.333. The highest BCUT2D eigenvalue weighted by Crippen LogP contribution is 2.25. The average Bonchev–Trinajstić information content (AvgIpc) is 3.08. The van der Waals surface area contributed by atoms with Crippen LogP contribution in [-0.4, -0.2) is 31.7 Å². The number of unbranched alkanes of at least 4 members (excludes halogenated alkanes) is 16. The summed E-state index contributed by atoms with van der Waals surface area (Å²) in [7, 11) is -3.54.